The van der Waals surface area contributed by atoms with Gasteiger partial charge in [0.15, 0.2) is 0 Å². The molecule has 1 saturated heterocycles. The van der Waals surface area contributed by atoms with Gasteiger partial charge in [0.1, 0.15) is 4.90 Å². The van der Waals surface area contributed by atoms with Crippen LogP contribution in [-0.4, -0.2) is 66.5 Å². The van der Waals surface area contributed by atoms with Crippen LogP contribution in [0.5, 0.6) is 0 Å². The lowest BCUT2D eigenvalue weighted by Gasteiger charge is -2.20. The second-order valence-electron chi connectivity index (χ2n) is 5.68. The van der Waals surface area contributed by atoms with Crippen molar-refractivity contribution in [1.82, 2.24) is 19.0 Å². The van der Waals surface area contributed by atoms with Crippen LogP contribution in [0.25, 0.3) is 0 Å². The predicted octanol–water partition coefficient (Wildman–Crippen LogP) is 1.06. The third kappa shape index (κ3) is 3.11. The van der Waals surface area contributed by atoms with Gasteiger partial charge in [0.25, 0.3) is 0 Å². The van der Waals surface area contributed by atoms with E-state index in [1.165, 1.54) is 0 Å². The summed E-state index contributed by atoms with van der Waals surface area (Å²) in [6.07, 6.45) is 0.861. The Morgan fingerprint density at radius 2 is 2.05 bits per heavy atom. The highest BCUT2D eigenvalue weighted by Crippen LogP contribution is 2.27. The summed E-state index contributed by atoms with van der Waals surface area (Å²) < 4.78 is 29.0. The largest absolute Gasteiger partial charge is 0.305 e. The molecule has 1 aromatic rings. The van der Waals surface area contributed by atoms with Crippen molar-refractivity contribution in [1.29, 1.82) is 0 Å². The Hall–Kier alpha value is -0.630. The maximum atomic E-state index is 12.9. The molecule has 1 unspecified atom stereocenters. The van der Waals surface area contributed by atoms with Crippen molar-refractivity contribution >= 4 is 21.6 Å². The van der Waals surface area contributed by atoms with Gasteiger partial charge in [-0.3, -0.25) is 4.68 Å². The quantitative estimate of drug-likeness (QED) is 0.756. The standard InChI is InChI=1S/C13H23ClN4O2S/c1-10-13(11(2)18(15-10)8-6-14)21(19,20)17-7-5-12(9-17)16(3)4/h12H,5-9H2,1-4H3. The van der Waals surface area contributed by atoms with E-state index in [0.29, 0.717) is 41.8 Å². The average molecular weight is 335 g/mol. The van der Waals surface area contributed by atoms with E-state index >= 15 is 0 Å². The van der Waals surface area contributed by atoms with Crippen LogP contribution in [0.1, 0.15) is 17.8 Å². The molecule has 0 N–H and O–H groups in total. The van der Waals surface area contributed by atoms with E-state index in [4.69, 9.17) is 11.6 Å². The lowest BCUT2D eigenvalue weighted by molar-refractivity contribution is 0.302. The van der Waals surface area contributed by atoms with Gasteiger partial charge in [-0.1, -0.05) is 0 Å². The summed E-state index contributed by atoms with van der Waals surface area (Å²) in [5, 5.41) is 4.31. The lowest BCUT2D eigenvalue weighted by atomic mass is 10.2. The summed E-state index contributed by atoms with van der Waals surface area (Å²) in [4.78, 5) is 2.42. The van der Waals surface area contributed by atoms with E-state index in [1.54, 1.807) is 22.8 Å². The molecule has 0 aromatic carbocycles. The first kappa shape index (κ1) is 16.7. The maximum Gasteiger partial charge on any atom is 0.246 e. The summed E-state index contributed by atoms with van der Waals surface area (Å²) in [6.45, 7) is 5.15. The fraction of sp³-hybridized carbons (Fsp3) is 0.769. The van der Waals surface area contributed by atoms with Crippen molar-refractivity contribution < 1.29 is 8.42 Å². The van der Waals surface area contributed by atoms with Crippen LogP contribution in [0.4, 0.5) is 0 Å². The first-order valence-corrected chi connectivity index (χ1v) is 9.03. The van der Waals surface area contributed by atoms with E-state index in [1.807, 2.05) is 14.1 Å². The van der Waals surface area contributed by atoms with E-state index in [0.717, 1.165) is 6.42 Å². The van der Waals surface area contributed by atoms with Gasteiger partial charge in [0.2, 0.25) is 10.0 Å². The fourth-order valence-electron chi connectivity index (χ4n) is 2.83. The molecule has 1 aliphatic heterocycles. The highest BCUT2D eigenvalue weighted by atomic mass is 35.5. The number of rotatable bonds is 5. The van der Waals surface area contributed by atoms with Crippen molar-refractivity contribution in [3.63, 3.8) is 0 Å². The minimum Gasteiger partial charge on any atom is -0.305 e. The zero-order chi connectivity index (χ0) is 15.8. The zero-order valence-electron chi connectivity index (χ0n) is 13.0. The van der Waals surface area contributed by atoms with Crippen molar-refractivity contribution in [2.24, 2.45) is 0 Å². The Morgan fingerprint density at radius 3 is 2.57 bits per heavy atom. The van der Waals surface area contributed by atoms with Crippen LogP contribution >= 0.6 is 11.6 Å². The summed E-state index contributed by atoms with van der Waals surface area (Å²) in [6, 6.07) is 0.276. The van der Waals surface area contributed by atoms with Crippen LogP contribution < -0.4 is 0 Å². The number of likely N-dealkylation sites (N-methyl/N-ethyl adjacent to an activating group) is 1. The molecular weight excluding hydrogens is 312 g/mol. The first-order valence-electron chi connectivity index (χ1n) is 7.05. The molecule has 0 radical (unpaired) electrons. The van der Waals surface area contributed by atoms with Gasteiger partial charge in [0, 0.05) is 25.0 Å². The molecule has 2 rings (SSSR count). The van der Waals surface area contributed by atoms with Gasteiger partial charge < -0.3 is 4.90 Å². The van der Waals surface area contributed by atoms with Crippen molar-refractivity contribution in [3.8, 4) is 0 Å². The number of alkyl halides is 1. The Kier molecular flexibility index (Phi) is 4.97. The number of hydrogen-bond donors (Lipinski definition) is 0. The van der Waals surface area contributed by atoms with E-state index in [2.05, 4.69) is 10.00 Å². The van der Waals surface area contributed by atoms with Crippen molar-refractivity contribution in [3.05, 3.63) is 11.4 Å². The Bertz CT molecular complexity index is 612. The second kappa shape index (κ2) is 6.24. The molecule has 0 spiro atoms. The van der Waals surface area contributed by atoms with E-state index < -0.39 is 10.0 Å². The molecule has 0 saturated carbocycles. The average Bonchev–Trinajstić information content (AvgIpc) is 2.96. The van der Waals surface area contributed by atoms with Gasteiger partial charge in [-0.2, -0.15) is 9.40 Å². The van der Waals surface area contributed by atoms with E-state index in [-0.39, 0.29) is 6.04 Å². The number of halogens is 1. The highest BCUT2D eigenvalue weighted by Gasteiger charge is 2.36. The third-order valence-corrected chi connectivity index (χ3v) is 6.35. The molecule has 6 nitrogen and oxygen atoms in total. The molecule has 21 heavy (non-hydrogen) atoms. The van der Waals surface area contributed by atoms with Gasteiger partial charge in [-0.05, 0) is 34.4 Å². The lowest BCUT2D eigenvalue weighted by Crippen LogP contribution is -2.34. The summed E-state index contributed by atoms with van der Waals surface area (Å²) in [7, 11) is 0.480. The summed E-state index contributed by atoms with van der Waals surface area (Å²) in [5.74, 6) is 0.411. The number of aromatic nitrogens is 2. The number of hydrogen-bond acceptors (Lipinski definition) is 4. The number of nitrogens with zero attached hydrogens (tertiary/aromatic N) is 4. The molecule has 8 heteroatoms. The van der Waals surface area contributed by atoms with Crippen molar-refractivity contribution in [2.45, 2.75) is 37.8 Å². The monoisotopic (exact) mass is 334 g/mol. The van der Waals surface area contributed by atoms with Gasteiger partial charge in [-0.15, -0.1) is 11.6 Å². The fourth-order valence-corrected chi connectivity index (χ4v) is 4.86. The third-order valence-electron chi connectivity index (χ3n) is 4.07. The number of sulfonamides is 1. The molecule has 120 valence electrons. The summed E-state index contributed by atoms with van der Waals surface area (Å²) in [5.41, 5.74) is 1.22. The normalized spacial score (nSPS) is 20.6. The summed E-state index contributed by atoms with van der Waals surface area (Å²) >= 11 is 5.74. The Balaban J connectivity index is 2.33. The van der Waals surface area contributed by atoms with Gasteiger partial charge in [0.05, 0.1) is 17.9 Å². The van der Waals surface area contributed by atoms with E-state index in [9.17, 15) is 8.42 Å². The van der Waals surface area contributed by atoms with Crippen LogP contribution in [0.3, 0.4) is 0 Å². The topological polar surface area (TPSA) is 58.4 Å². The number of aryl methyl sites for hydroxylation is 2. The van der Waals surface area contributed by atoms with Gasteiger partial charge >= 0.3 is 0 Å². The highest BCUT2D eigenvalue weighted by molar-refractivity contribution is 7.89. The molecule has 1 fully saturated rings. The molecule has 0 aliphatic carbocycles. The Morgan fingerprint density at radius 1 is 1.38 bits per heavy atom. The molecule has 2 heterocycles. The molecule has 0 bridgehead atoms. The maximum absolute atomic E-state index is 12.9. The SMILES string of the molecule is Cc1nn(CCCl)c(C)c1S(=O)(=O)N1CCC(N(C)C)C1. The molecule has 1 aromatic heterocycles. The van der Waals surface area contributed by atoms with Crippen molar-refractivity contribution in [2.75, 3.05) is 33.1 Å². The molecular formula is C13H23ClN4O2S. The van der Waals surface area contributed by atoms with Crippen LogP contribution in [0.2, 0.25) is 0 Å². The minimum atomic E-state index is -3.48. The second-order valence-corrected chi connectivity index (χ2v) is 7.93. The molecule has 0 amide bonds. The smallest absolute Gasteiger partial charge is 0.246 e. The first-order chi connectivity index (χ1) is 9.78. The zero-order valence-corrected chi connectivity index (χ0v) is 14.6. The Labute approximate surface area is 131 Å². The molecule has 1 aliphatic rings. The van der Waals surface area contributed by atoms with Crippen LogP contribution in [0.15, 0.2) is 4.90 Å². The van der Waals surface area contributed by atoms with Crippen LogP contribution in [-0.2, 0) is 16.6 Å². The van der Waals surface area contributed by atoms with Gasteiger partial charge in [-0.25, -0.2) is 8.42 Å². The minimum absolute atomic E-state index is 0.276. The molecule has 1 atom stereocenters. The predicted molar refractivity (Wildman–Crippen MR) is 83.3 cm³/mol. The van der Waals surface area contributed by atoms with Crippen LogP contribution in [0, 0.1) is 13.8 Å².